The lowest BCUT2D eigenvalue weighted by Crippen LogP contribution is -2.50. The smallest absolute Gasteiger partial charge is 0.421 e. The van der Waals surface area contributed by atoms with Crippen LogP contribution in [0.25, 0.3) is 0 Å². The Labute approximate surface area is 159 Å². The van der Waals surface area contributed by atoms with Gasteiger partial charge >= 0.3 is 6.18 Å². The highest BCUT2D eigenvalue weighted by molar-refractivity contribution is 6.10. The van der Waals surface area contributed by atoms with Crippen LogP contribution in [0.3, 0.4) is 0 Å². The summed E-state index contributed by atoms with van der Waals surface area (Å²) in [7, 11) is 4.91. The highest BCUT2D eigenvalue weighted by atomic mass is 19.4. The minimum atomic E-state index is -4.97. The quantitative estimate of drug-likeness (QED) is 0.413. The summed E-state index contributed by atoms with van der Waals surface area (Å²) in [6.45, 7) is 1.52. The van der Waals surface area contributed by atoms with Crippen molar-refractivity contribution in [2.24, 2.45) is 0 Å². The number of alkyl halides is 3. The van der Waals surface area contributed by atoms with Gasteiger partial charge in [0.2, 0.25) is 11.5 Å². The van der Waals surface area contributed by atoms with Crippen LogP contribution in [0.1, 0.15) is 22.3 Å². The largest absolute Gasteiger partial charge is 0.619 e. The molecule has 0 spiro atoms. The summed E-state index contributed by atoms with van der Waals surface area (Å²) in [4.78, 5) is 13.4. The molecule has 0 amide bonds. The number of ketones is 1. The molecule has 0 N–H and O–H groups in total. The summed E-state index contributed by atoms with van der Waals surface area (Å²) in [6.07, 6.45) is -4.37. The van der Waals surface area contributed by atoms with E-state index in [1.807, 2.05) is 0 Å². The second-order valence-corrected chi connectivity index (χ2v) is 5.98. The van der Waals surface area contributed by atoms with Gasteiger partial charge in [-0.05, 0) is 18.6 Å². The molecule has 28 heavy (non-hydrogen) atoms. The molecular formula is C18H20F3NO6. The summed E-state index contributed by atoms with van der Waals surface area (Å²) in [5.41, 5.74) is -3.72. The predicted octanol–water partition coefficient (Wildman–Crippen LogP) is 3.02. The highest BCUT2D eigenvalue weighted by Gasteiger charge is 2.57. The summed E-state index contributed by atoms with van der Waals surface area (Å²) in [5.74, 6) is -0.814. The summed E-state index contributed by atoms with van der Waals surface area (Å²) < 4.78 is 61.8. The molecule has 0 saturated carbocycles. The molecule has 0 saturated heterocycles. The topological polar surface area (TPSA) is 80.1 Å². The Morgan fingerprint density at radius 2 is 1.75 bits per heavy atom. The van der Waals surface area contributed by atoms with Crippen molar-refractivity contribution in [1.29, 1.82) is 0 Å². The maximum absolute atomic E-state index is 13.7. The number of carbonyl (C=O) groups is 1. The van der Waals surface area contributed by atoms with Crippen molar-refractivity contribution in [2.45, 2.75) is 25.1 Å². The number of hydroxylamine groups is 1. The number of halogens is 3. The summed E-state index contributed by atoms with van der Waals surface area (Å²) >= 11 is 0. The summed E-state index contributed by atoms with van der Waals surface area (Å²) in [5, 5.41) is 11.5. The van der Waals surface area contributed by atoms with Gasteiger partial charge in [-0.2, -0.15) is 17.9 Å². The van der Waals surface area contributed by atoms with E-state index in [4.69, 9.17) is 18.9 Å². The lowest BCUT2D eigenvalue weighted by Gasteiger charge is -2.34. The minimum Gasteiger partial charge on any atom is -0.619 e. The van der Waals surface area contributed by atoms with Crippen LogP contribution < -0.4 is 14.2 Å². The molecule has 154 valence electrons. The Bertz CT molecular complexity index is 847. The maximum atomic E-state index is 13.7. The van der Waals surface area contributed by atoms with Crippen LogP contribution in [-0.2, 0) is 4.74 Å². The number of Topliss-reactive ketones (excluding diaryl/α,β-unsaturated/α-hetero) is 1. The molecule has 0 aromatic heterocycles. The van der Waals surface area contributed by atoms with Gasteiger partial charge in [0.05, 0.1) is 33.3 Å². The Kier molecular flexibility index (Phi) is 5.93. The molecule has 0 fully saturated rings. The molecule has 0 aliphatic carbocycles. The van der Waals surface area contributed by atoms with E-state index < -0.39 is 29.6 Å². The van der Waals surface area contributed by atoms with Crippen molar-refractivity contribution in [3.63, 3.8) is 0 Å². The van der Waals surface area contributed by atoms with Gasteiger partial charge in [0.1, 0.15) is 5.57 Å². The Morgan fingerprint density at radius 3 is 2.21 bits per heavy atom. The zero-order chi connectivity index (χ0) is 21.3. The van der Waals surface area contributed by atoms with E-state index in [2.05, 4.69) is 0 Å². The van der Waals surface area contributed by atoms with E-state index >= 15 is 0 Å². The minimum absolute atomic E-state index is 0.00602. The summed E-state index contributed by atoms with van der Waals surface area (Å²) in [6, 6.07) is 1.45. The Morgan fingerprint density at radius 1 is 1.14 bits per heavy atom. The van der Waals surface area contributed by atoms with E-state index in [9.17, 15) is 23.2 Å². The zero-order valence-corrected chi connectivity index (χ0v) is 16.0. The molecule has 2 rings (SSSR count). The number of benzene rings is 1. The predicted molar refractivity (Wildman–Crippen MR) is 93.4 cm³/mol. The molecule has 1 aliphatic heterocycles. The van der Waals surface area contributed by atoms with Crippen molar-refractivity contribution in [2.75, 3.05) is 28.4 Å². The third kappa shape index (κ3) is 3.39. The van der Waals surface area contributed by atoms with Crippen molar-refractivity contribution >= 4 is 12.0 Å². The first-order valence-electron chi connectivity index (χ1n) is 8.05. The fraction of sp³-hybridized carbons (Fsp3) is 0.444. The number of ether oxygens (including phenoxy) is 4. The molecule has 10 heteroatoms. The van der Waals surface area contributed by atoms with Gasteiger partial charge in [-0.3, -0.25) is 4.79 Å². The molecule has 1 aromatic carbocycles. The van der Waals surface area contributed by atoms with Gasteiger partial charge in [0.15, 0.2) is 29.5 Å². The van der Waals surface area contributed by atoms with Gasteiger partial charge < -0.3 is 24.2 Å². The van der Waals surface area contributed by atoms with Crippen molar-refractivity contribution < 1.29 is 41.7 Å². The molecular weight excluding hydrogens is 383 g/mol. The maximum Gasteiger partial charge on any atom is 0.421 e. The van der Waals surface area contributed by atoms with Crippen LogP contribution in [0.15, 0.2) is 17.8 Å². The second-order valence-electron chi connectivity index (χ2n) is 5.98. The molecule has 1 heterocycles. The SMILES string of the molecule is COc1cc(C)c(C(=O)C2(OC)CC=[N+]([O-])C=C2C(F)(F)F)c(OC)c1OC. The monoisotopic (exact) mass is 403 g/mol. The molecule has 1 atom stereocenters. The number of hydrogen-bond acceptors (Lipinski definition) is 6. The first kappa shape index (κ1) is 21.5. The van der Waals surface area contributed by atoms with Gasteiger partial charge in [-0.1, -0.05) is 0 Å². The fourth-order valence-corrected chi connectivity index (χ4v) is 3.18. The number of hydrogen-bond donors (Lipinski definition) is 0. The van der Waals surface area contributed by atoms with Crippen LogP contribution in [0, 0.1) is 12.1 Å². The van der Waals surface area contributed by atoms with E-state index in [1.165, 1.54) is 34.3 Å². The van der Waals surface area contributed by atoms with Crippen molar-refractivity contribution in [3.8, 4) is 17.2 Å². The standard InChI is InChI=1S/C18H20F3NO6/c1-10-8-11(25-2)14(26-3)15(27-4)13(10)16(23)17(28-5)6-7-22(24)9-12(17)18(19,20)21/h7-9H,6H2,1-5H3. The zero-order valence-electron chi connectivity index (χ0n) is 16.0. The lowest BCUT2D eigenvalue weighted by atomic mass is 9.80. The molecule has 1 unspecified atom stereocenters. The van der Waals surface area contributed by atoms with E-state index in [0.29, 0.717) is 11.8 Å². The lowest BCUT2D eigenvalue weighted by molar-refractivity contribution is -0.383. The number of methoxy groups -OCH3 is 4. The van der Waals surface area contributed by atoms with Crippen LogP contribution in [0.2, 0.25) is 0 Å². The number of rotatable bonds is 6. The van der Waals surface area contributed by atoms with Gasteiger partial charge in [0.25, 0.3) is 0 Å². The number of carbonyl (C=O) groups excluding carboxylic acids is 1. The Hall–Kier alpha value is -2.75. The third-order valence-electron chi connectivity index (χ3n) is 4.52. The van der Waals surface area contributed by atoms with E-state index in [0.717, 1.165) is 13.3 Å². The third-order valence-corrected chi connectivity index (χ3v) is 4.52. The Balaban J connectivity index is 2.78. The van der Waals surface area contributed by atoms with Crippen molar-refractivity contribution in [3.05, 3.63) is 34.2 Å². The van der Waals surface area contributed by atoms with E-state index in [1.54, 1.807) is 0 Å². The van der Waals surface area contributed by atoms with Crippen LogP contribution in [-0.4, -0.2) is 57.0 Å². The van der Waals surface area contributed by atoms with Crippen LogP contribution in [0.5, 0.6) is 17.2 Å². The molecule has 0 bridgehead atoms. The first-order chi connectivity index (χ1) is 13.1. The highest BCUT2D eigenvalue weighted by Crippen LogP contribution is 2.47. The average Bonchev–Trinajstić information content (AvgIpc) is 2.65. The van der Waals surface area contributed by atoms with E-state index in [-0.39, 0.29) is 27.6 Å². The van der Waals surface area contributed by atoms with Gasteiger partial charge in [-0.25, -0.2) is 0 Å². The number of aryl methyl sites for hydroxylation is 1. The fourth-order valence-electron chi connectivity index (χ4n) is 3.18. The number of nitrogens with zero attached hydrogens (tertiary/aromatic N) is 1. The van der Waals surface area contributed by atoms with Gasteiger partial charge in [-0.15, -0.1) is 0 Å². The molecule has 1 aliphatic rings. The molecule has 1 aromatic rings. The molecule has 0 radical (unpaired) electrons. The van der Waals surface area contributed by atoms with Crippen molar-refractivity contribution in [1.82, 2.24) is 0 Å². The molecule has 7 nitrogen and oxygen atoms in total. The normalized spacial score (nSPS) is 19.6. The van der Waals surface area contributed by atoms with Crippen LogP contribution in [0.4, 0.5) is 13.2 Å². The second kappa shape index (κ2) is 7.70. The average molecular weight is 403 g/mol. The van der Waals surface area contributed by atoms with Gasteiger partial charge in [0, 0.05) is 7.11 Å². The van der Waals surface area contributed by atoms with Crippen LogP contribution >= 0.6 is 0 Å². The first-order valence-corrected chi connectivity index (χ1v) is 8.05.